The number of aliphatic hydroxyl groups is 1. The van der Waals surface area contributed by atoms with Gasteiger partial charge in [-0.05, 0) is 57.7 Å². The molecule has 0 saturated heterocycles. The summed E-state index contributed by atoms with van der Waals surface area (Å²) in [6.45, 7) is 6.82. The van der Waals surface area contributed by atoms with Crippen molar-refractivity contribution in [3.63, 3.8) is 0 Å². The highest BCUT2D eigenvalue weighted by molar-refractivity contribution is 7.80. The number of hydrogen-bond acceptors (Lipinski definition) is 6. The number of nitrogens with zero attached hydrogens (tertiary/aromatic N) is 1. The Balaban J connectivity index is 1.82. The summed E-state index contributed by atoms with van der Waals surface area (Å²) in [5, 5.41) is 17.8. The molecule has 0 fully saturated rings. The fraction of sp³-hybridized carbons (Fsp3) is 0.500. The van der Waals surface area contributed by atoms with Crippen molar-refractivity contribution in [3.8, 4) is 0 Å². The van der Waals surface area contributed by atoms with Gasteiger partial charge in [0, 0.05) is 30.7 Å². The summed E-state index contributed by atoms with van der Waals surface area (Å²) in [6, 6.07) is 10.2. The van der Waals surface area contributed by atoms with Crippen LogP contribution in [0.25, 0.3) is 10.9 Å². The number of thiocarbonyl (C=S) groups is 1. The zero-order valence-corrected chi connectivity index (χ0v) is 19.7. The summed E-state index contributed by atoms with van der Waals surface area (Å²) in [6.07, 6.45) is 6.23. The molecule has 0 aliphatic heterocycles. The molecule has 168 valence electrons. The molecular formula is C24H34N4O2S. The number of rotatable bonds is 8. The summed E-state index contributed by atoms with van der Waals surface area (Å²) in [5.41, 5.74) is 5.39. The molecular weight excluding hydrogens is 408 g/mol. The molecule has 0 radical (unpaired) electrons. The lowest BCUT2D eigenvalue weighted by molar-refractivity contribution is -0.0113. The van der Waals surface area contributed by atoms with Crippen LogP contribution in [0.15, 0.2) is 48.3 Å². The van der Waals surface area contributed by atoms with E-state index in [0.717, 1.165) is 46.4 Å². The monoisotopic (exact) mass is 442 g/mol. The second-order valence-electron chi connectivity index (χ2n) is 9.11. The molecule has 1 aromatic carbocycles. The first-order valence-corrected chi connectivity index (χ1v) is 11.3. The van der Waals surface area contributed by atoms with Gasteiger partial charge in [0.25, 0.3) is 0 Å². The Labute approximate surface area is 190 Å². The van der Waals surface area contributed by atoms with Crippen LogP contribution in [0.3, 0.4) is 0 Å². The van der Waals surface area contributed by atoms with E-state index in [9.17, 15) is 5.11 Å². The summed E-state index contributed by atoms with van der Waals surface area (Å²) in [5.74, 6) is 0. The molecule has 4 N–H and O–H groups in total. The van der Waals surface area contributed by atoms with Crippen molar-refractivity contribution in [1.82, 2.24) is 21.1 Å². The van der Waals surface area contributed by atoms with Crippen molar-refractivity contribution in [2.24, 2.45) is 0 Å². The van der Waals surface area contributed by atoms with Gasteiger partial charge in [0.05, 0.1) is 27.7 Å². The Kier molecular flexibility index (Phi) is 7.64. The number of aliphatic hydroxyl groups excluding tert-OH is 1. The lowest BCUT2D eigenvalue weighted by atomic mass is 9.71. The summed E-state index contributed by atoms with van der Waals surface area (Å²) >= 11 is 5.82. The zero-order valence-electron chi connectivity index (χ0n) is 18.9. The van der Waals surface area contributed by atoms with Crippen molar-refractivity contribution in [1.29, 1.82) is 0 Å². The van der Waals surface area contributed by atoms with Crippen LogP contribution in [0.5, 0.6) is 0 Å². The molecule has 2 atom stereocenters. The molecule has 0 saturated carbocycles. The molecule has 7 heteroatoms. The molecule has 2 unspecified atom stereocenters. The lowest BCUT2D eigenvalue weighted by Crippen LogP contribution is -2.49. The number of likely N-dealkylation sites (N-methyl/N-ethyl adjacent to an activating group) is 1. The maximum Gasteiger partial charge on any atom is 0.102 e. The van der Waals surface area contributed by atoms with Gasteiger partial charge in [-0.15, -0.1) is 0 Å². The predicted octanol–water partition coefficient (Wildman–Crippen LogP) is 3.36. The van der Waals surface area contributed by atoms with Gasteiger partial charge in [-0.25, -0.2) is 0 Å². The first-order chi connectivity index (χ1) is 14.8. The number of β-amino-alcohol motifs (C(OH)–C–C–N with tert-alkyl or cyclic N) is 1. The van der Waals surface area contributed by atoms with Gasteiger partial charge >= 0.3 is 0 Å². The van der Waals surface area contributed by atoms with E-state index >= 15 is 0 Å². The second kappa shape index (κ2) is 10.0. The quantitative estimate of drug-likeness (QED) is 0.369. The number of pyridine rings is 1. The van der Waals surface area contributed by atoms with Gasteiger partial charge in [0.2, 0.25) is 0 Å². The molecule has 0 amide bonds. The molecule has 31 heavy (non-hydrogen) atoms. The first kappa shape index (κ1) is 23.6. The standard InChI is InChI=1S/C24H34N4O2S/c1-23(2,3)27-15-19(29)16-30-28-21-11-7-8-12-24(21,22(31)25-4)18-13-17-9-5-6-10-20(17)26-14-18/h5-6,9-11,13-14,19,27-29H,7-8,12,15-16H2,1-4H3,(H,25,31). The van der Waals surface area contributed by atoms with Crippen LogP contribution in [-0.4, -0.2) is 46.9 Å². The van der Waals surface area contributed by atoms with Gasteiger partial charge < -0.3 is 15.7 Å². The van der Waals surface area contributed by atoms with E-state index in [1.165, 1.54) is 0 Å². The third-order valence-electron chi connectivity index (χ3n) is 5.59. The van der Waals surface area contributed by atoms with Crippen LogP contribution < -0.4 is 16.1 Å². The van der Waals surface area contributed by atoms with Gasteiger partial charge in [-0.2, -0.15) is 0 Å². The lowest BCUT2D eigenvalue weighted by Gasteiger charge is -2.39. The van der Waals surface area contributed by atoms with E-state index in [1.807, 2.05) is 31.4 Å². The minimum absolute atomic E-state index is 0.0580. The number of benzene rings is 1. The van der Waals surface area contributed by atoms with E-state index in [-0.39, 0.29) is 12.1 Å². The Morgan fingerprint density at radius 3 is 2.84 bits per heavy atom. The van der Waals surface area contributed by atoms with Crippen molar-refractivity contribution in [2.75, 3.05) is 20.2 Å². The average Bonchev–Trinajstić information content (AvgIpc) is 2.76. The average molecular weight is 443 g/mol. The molecule has 0 spiro atoms. The maximum atomic E-state index is 10.3. The number of hydrogen-bond donors (Lipinski definition) is 4. The third kappa shape index (κ3) is 5.60. The van der Waals surface area contributed by atoms with Gasteiger partial charge in [-0.1, -0.05) is 36.5 Å². The highest BCUT2D eigenvalue weighted by Gasteiger charge is 2.42. The Morgan fingerprint density at radius 1 is 1.32 bits per heavy atom. The normalized spacial score (nSPS) is 20.2. The summed E-state index contributed by atoms with van der Waals surface area (Å²) in [4.78, 5) is 11.1. The van der Waals surface area contributed by atoms with Crippen LogP contribution in [0.4, 0.5) is 0 Å². The predicted molar refractivity (Wildman–Crippen MR) is 130 cm³/mol. The van der Waals surface area contributed by atoms with Crippen LogP contribution >= 0.6 is 12.2 Å². The van der Waals surface area contributed by atoms with E-state index in [2.05, 4.69) is 60.1 Å². The molecule has 2 aromatic rings. The highest BCUT2D eigenvalue weighted by Crippen LogP contribution is 2.41. The van der Waals surface area contributed by atoms with Crippen molar-refractivity contribution >= 4 is 28.1 Å². The first-order valence-electron chi connectivity index (χ1n) is 10.9. The van der Waals surface area contributed by atoms with Gasteiger partial charge in [0.1, 0.15) is 6.61 Å². The van der Waals surface area contributed by atoms with Gasteiger partial charge in [-0.3, -0.25) is 15.3 Å². The Bertz CT molecular complexity index is 941. The zero-order chi connectivity index (χ0) is 22.5. The number of allylic oxidation sites excluding steroid dienone is 1. The smallest absolute Gasteiger partial charge is 0.102 e. The molecule has 1 aromatic heterocycles. The minimum atomic E-state index is -0.621. The number of para-hydroxylation sites is 1. The fourth-order valence-electron chi connectivity index (χ4n) is 3.93. The molecule has 1 heterocycles. The second-order valence-corrected chi connectivity index (χ2v) is 9.52. The number of aromatic nitrogens is 1. The maximum absolute atomic E-state index is 10.3. The topological polar surface area (TPSA) is 78.4 Å². The summed E-state index contributed by atoms with van der Waals surface area (Å²) in [7, 11) is 1.85. The van der Waals surface area contributed by atoms with Crippen molar-refractivity contribution in [3.05, 3.63) is 53.9 Å². The van der Waals surface area contributed by atoms with Crippen LogP contribution in [0.2, 0.25) is 0 Å². The van der Waals surface area contributed by atoms with E-state index in [4.69, 9.17) is 17.1 Å². The number of hydroxylamine groups is 1. The molecule has 6 nitrogen and oxygen atoms in total. The molecule has 1 aliphatic carbocycles. The van der Waals surface area contributed by atoms with Crippen molar-refractivity contribution in [2.45, 2.75) is 57.1 Å². The third-order valence-corrected chi connectivity index (χ3v) is 6.14. The molecule has 1 aliphatic rings. The number of nitrogens with one attached hydrogen (secondary N) is 3. The van der Waals surface area contributed by atoms with Crippen LogP contribution in [0.1, 0.15) is 45.6 Å². The van der Waals surface area contributed by atoms with E-state index in [0.29, 0.717) is 6.54 Å². The highest BCUT2D eigenvalue weighted by atomic mass is 32.1. The van der Waals surface area contributed by atoms with Crippen LogP contribution in [0, 0.1) is 0 Å². The SMILES string of the molecule is CNC(=S)C1(c2cnc3ccccc3c2)CCCC=C1NOCC(O)CNC(C)(C)C. The Hall–Kier alpha value is -2.06. The van der Waals surface area contributed by atoms with Crippen LogP contribution in [-0.2, 0) is 10.3 Å². The van der Waals surface area contributed by atoms with Gasteiger partial charge in [0.15, 0.2) is 0 Å². The molecule has 0 bridgehead atoms. The van der Waals surface area contributed by atoms with Crippen molar-refractivity contribution < 1.29 is 9.94 Å². The summed E-state index contributed by atoms with van der Waals surface area (Å²) < 4.78 is 0. The number of fused-ring (bicyclic) bond motifs is 1. The van der Waals surface area contributed by atoms with E-state index in [1.54, 1.807) is 0 Å². The molecule has 3 rings (SSSR count). The minimum Gasteiger partial charge on any atom is -0.389 e. The fourth-order valence-corrected chi connectivity index (χ4v) is 4.26. The largest absolute Gasteiger partial charge is 0.389 e. The Morgan fingerprint density at radius 2 is 2.10 bits per heavy atom. The van der Waals surface area contributed by atoms with E-state index < -0.39 is 11.5 Å².